The van der Waals surface area contributed by atoms with E-state index >= 15 is 0 Å². The molecule has 0 aliphatic heterocycles. The molecule has 0 spiro atoms. The lowest BCUT2D eigenvalue weighted by molar-refractivity contribution is -0.121. The van der Waals surface area contributed by atoms with Crippen molar-refractivity contribution in [2.45, 2.75) is 39.3 Å². The zero-order valence-electron chi connectivity index (χ0n) is 20.9. The van der Waals surface area contributed by atoms with Crippen molar-refractivity contribution in [1.82, 2.24) is 20.4 Å². The molecule has 1 atom stereocenters. The number of fused-ring (bicyclic) bond motifs is 3. The van der Waals surface area contributed by atoms with Crippen LogP contribution in [0.2, 0.25) is 0 Å². The largest absolute Gasteiger partial charge is 0.493 e. The number of benzene rings is 2. The summed E-state index contributed by atoms with van der Waals surface area (Å²) in [6.07, 6.45) is 4.34. The normalized spacial score (nSPS) is 15.0. The first-order valence-electron chi connectivity index (χ1n) is 12.2. The number of rotatable bonds is 8. The van der Waals surface area contributed by atoms with Crippen LogP contribution in [-0.4, -0.2) is 34.2 Å². The second-order valence-electron chi connectivity index (χ2n) is 9.20. The molecule has 38 heavy (non-hydrogen) atoms. The van der Waals surface area contributed by atoms with Gasteiger partial charge in [-0.15, -0.1) is 16.4 Å². The molecule has 1 amide bonds. The number of hydrogen-bond acceptors (Lipinski definition) is 8. The van der Waals surface area contributed by atoms with Crippen LogP contribution in [0.3, 0.4) is 0 Å². The number of nitrogens with one attached hydrogen (secondary N) is 1. The number of thiophene rings is 1. The third kappa shape index (κ3) is 5.78. The van der Waals surface area contributed by atoms with E-state index in [4.69, 9.17) is 9.47 Å². The number of aryl methyl sites for hydroxylation is 1. The van der Waals surface area contributed by atoms with Gasteiger partial charge in [0.15, 0.2) is 16.3 Å². The van der Waals surface area contributed by atoms with Crippen molar-refractivity contribution >= 4 is 49.6 Å². The van der Waals surface area contributed by atoms with Crippen LogP contribution in [0.15, 0.2) is 56.8 Å². The molecule has 0 radical (unpaired) electrons. The number of carbonyl (C=O) groups is 1. The quantitative estimate of drug-likeness (QED) is 0.238. The van der Waals surface area contributed by atoms with Gasteiger partial charge in [0.25, 0.3) is 11.5 Å². The van der Waals surface area contributed by atoms with Gasteiger partial charge in [-0.25, -0.2) is 10.1 Å². The smallest absolute Gasteiger partial charge is 0.279 e. The Hall–Kier alpha value is -3.57. The lowest BCUT2D eigenvalue weighted by Gasteiger charge is -2.17. The average Bonchev–Trinajstić information content (AvgIpc) is 3.28. The molecule has 196 valence electrons. The number of hydrazone groups is 1. The van der Waals surface area contributed by atoms with E-state index in [0.29, 0.717) is 39.8 Å². The van der Waals surface area contributed by atoms with Crippen LogP contribution in [0, 0.1) is 5.92 Å². The number of ether oxygens (including phenoxy) is 2. The first-order chi connectivity index (χ1) is 18.4. The second-order valence-corrected chi connectivity index (χ2v) is 11.2. The maximum absolute atomic E-state index is 13.1. The topological polar surface area (TPSA) is 108 Å². The minimum Gasteiger partial charge on any atom is -0.493 e. The second kappa shape index (κ2) is 11.4. The first-order valence-corrected chi connectivity index (χ1v) is 13.8. The predicted molar refractivity (Wildman–Crippen MR) is 150 cm³/mol. The number of nitrogens with zero attached hydrogens (tertiary/aromatic N) is 4. The van der Waals surface area contributed by atoms with E-state index in [9.17, 15) is 9.59 Å². The zero-order chi connectivity index (χ0) is 26.6. The maximum Gasteiger partial charge on any atom is 0.279 e. The summed E-state index contributed by atoms with van der Waals surface area (Å²) >= 11 is 4.95. The molecule has 1 aliphatic rings. The fourth-order valence-corrected chi connectivity index (χ4v) is 5.95. The van der Waals surface area contributed by atoms with Crippen LogP contribution in [-0.2, 0) is 30.8 Å². The van der Waals surface area contributed by atoms with Gasteiger partial charge in [-0.3, -0.25) is 9.59 Å². The Morgan fingerprint density at radius 1 is 1.26 bits per heavy atom. The highest BCUT2D eigenvalue weighted by atomic mass is 79.9. The van der Waals surface area contributed by atoms with Gasteiger partial charge < -0.3 is 9.47 Å². The fourth-order valence-electron chi connectivity index (χ4n) is 4.37. The van der Waals surface area contributed by atoms with Gasteiger partial charge in [0, 0.05) is 9.35 Å². The van der Waals surface area contributed by atoms with E-state index in [0.717, 1.165) is 39.5 Å². The number of aromatic nitrogens is 3. The Bertz CT molecular complexity index is 1560. The Kier molecular flexibility index (Phi) is 7.85. The van der Waals surface area contributed by atoms with Crippen LogP contribution in [0.25, 0.3) is 10.2 Å². The molecule has 0 saturated heterocycles. The van der Waals surface area contributed by atoms with E-state index in [2.05, 4.69) is 43.7 Å². The van der Waals surface area contributed by atoms with Gasteiger partial charge in [-0.05, 0) is 72.2 Å². The van der Waals surface area contributed by atoms with Crippen LogP contribution < -0.4 is 20.5 Å². The number of amides is 1. The molecular weight excluding hydrogens is 570 g/mol. The van der Waals surface area contributed by atoms with E-state index in [1.54, 1.807) is 25.3 Å². The Morgan fingerprint density at radius 2 is 2.08 bits per heavy atom. The summed E-state index contributed by atoms with van der Waals surface area (Å²) in [5.41, 5.74) is 4.96. The van der Waals surface area contributed by atoms with Gasteiger partial charge in [-0.2, -0.15) is 5.10 Å². The summed E-state index contributed by atoms with van der Waals surface area (Å²) in [5, 5.41) is 12.8. The van der Waals surface area contributed by atoms with Gasteiger partial charge in [-0.1, -0.05) is 40.2 Å². The number of halogens is 1. The average molecular weight is 597 g/mol. The fraction of sp³-hybridized carbons (Fsp3) is 0.296. The van der Waals surface area contributed by atoms with Crippen molar-refractivity contribution in [2.75, 3.05) is 7.11 Å². The van der Waals surface area contributed by atoms with Crippen molar-refractivity contribution in [3.63, 3.8) is 0 Å². The molecule has 9 nitrogen and oxygen atoms in total. The maximum atomic E-state index is 13.1. The van der Waals surface area contributed by atoms with Gasteiger partial charge in [0.1, 0.15) is 13.2 Å². The van der Waals surface area contributed by atoms with Crippen LogP contribution in [0.4, 0.5) is 0 Å². The summed E-state index contributed by atoms with van der Waals surface area (Å²) in [6.45, 7) is 2.34. The number of hydrogen-bond donors (Lipinski definition) is 1. The zero-order valence-corrected chi connectivity index (χ0v) is 23.3. The van der Waals surface area contributed by atoms with Crippen molar-refractivity contribution < 1.29 is 14.3 Å². The predicted octanol–water partition coefficient (Wildman–Crippen LogP) is 4.48. The van der Waals surface area contributed by atoms with Crippen LogP contribution >= 0.6 is 27.3 Å². The number of methoxy groups -OCH3 is 1. The molecule has 4 aromatic rings. The molecule has 1 unspecified atom stereocenters. The summed E-state index contributed by atoms with van der Waals surface area (Å²) in [5.74, 6) is 1.25. The summed E-state index contributed by atoms with van der Waals surface area (Å²) in [6, 6.07) is 13.2. The van der Waals surface area contributed by atoms with Gasteiger partial charge in [0.05, 0.1) is 18.7 Å². The van der Waals surface area contributed by atoms with E-state index in [1.165, 1.54) is 22.4 Å². The Labute approximate surface area is 231 Å². The Morgan fingerprint density at radius 3 is 2.87 bits per heavy atom. The highest BCUT2D eigenvalue weighted by Crippen LogP contribution is 2.35. The van der Waals surface area contributed by atoms with Gasteiger partial charge in [0.2, 0.25) is 0 Å². The van der Waals surface area contributed by atoms with Crippen LogP contribution in [0.1, 0.15) is 34.9 Å². The summed E-state index contributed by atoms with van der Waals surface area (Å²) in [4.78, 5) is 27.4. The van der Waals surface area contributed by atoms with Gasteiger partial charge >= 0.3 is 0 Å². The lowest BCUT2D eigenvalue weighted by atomic mass is 9.89. The molecule has 1 aliphatic carbocycles. The molecule has 11 heteroatoms. The SMILES string of the molecule is COc1cc(/C=N/NC(=O)Cn2nnc3sc4c(c3c2=O)CCC(C)C4)ccc1OCc1ccc(Br)cc1. The van der Waals surface area contributed by atoms with Crippen molar-refractivity contribution in [3.8, 4) is 11.5 Å². The summed E-state index contributed by atoms with van der Waals surface area (Å²) < 4.78 is 13.4. The van der Waals surface area contributed by atoms with Crippen molar-refractivity contribution in [2.24, 2.45) is 11.0 Å². The molecule has 0 fully saturated rings. The summed E-state index contributed by atoms with van der Waals surface area (Å²) in [7, 11) is 1.56. The molecule has 2 heterocycles. The van der Waals surface area contributed by atoms with E-state index < -0.39 is 5.91 Å². The minimum atomic E-state index is -0.476. The minimum absolute atomic E-state index is 0.272. The highest BCUT2D eigenvalue weighted by molar-refractivity contribution is 9.10. The molecule has 1 N–H and O–H groups in total. The monoisotopic (exact) mass is 595 g/mol. The lowest BCUT2D eigenvalue weighted by Crippen LogP contribution is -2.32. The van der Waals surface area contributed by atoms with Crippen LogP contribution in [0.5, 0.6) is 11.5 Å². The third-order valence-corrected chi connectivity index (χ3v) is 8.04. The van der Waals surface area contributed by atoms with E-state index in [-0.39, 0.29) is 12.1 Å². The molecule has 2 aromatic carbocycles. The first kappa shape index (κ1) is 26.1. The molecule has 0 saturated carbocycles. The standard InChI is InChI=1S/C27H26BrN5O4S/c1-16-3-9-20-23(11-16)38-26-25(20)27(35)33(32-31-26)14-24(34)30-29-13-18-6-10-21(22(12-18)36-2)37-15-17-4-7-19(28)8-5-17/h4-8,10,12-13,16H,3,9,11,14-15H2,1-2H3,(H,30,34)/b29-13+. The Balaban J connectivity index is 1.21. The molecule has 2 aromatic heterocycles. The van der Waals surface area contributed by atoms with Crippen molar-refractivity contribution in [3.05, 3.63) is 78.9 Å². The third-order valence-electron chi connectivity index (χ3n) is 6.38. The molecular formula is C27H26BrN5O4S. The molecule has 5 rings (SSSR count). The number of carbonyl (C=O) groups excluding carboxylic acids is 1. The highest BCUT2D eigenvalue weighted by Gasteiger charge is 2.24. The van der Waals surface area contributed by atoms with Crippen molar-refractivity contribution in [1.29, 1.82) is 0 Å². The molecule has 0 bridgehead atoms. The van der Waals surface area contributed by atoms with E-state index in [1.807, 2.05) is 24.3 Å².